The van der Waals surface area contributed by atoms with Crippen molar-refractivity contribution in [2.24, 2.45) is 0 Å². The number of halogens is 3. The summed E-state index contributed by atoms with van der Waals surface area (Å²) in [5.41, 5.74) is -0.0139. The number of hydrogen-bond donors (Lipinski definition) is 0. The van der Waals surface area contributed by atoms with Gasteiger partial charge in [0.25, 0.3) is 0 Å². The molecule has 1 unspecified atom stereocenters. The number of methoxy groups -OCH3 is 1. The molecule has 118 valence electrons. The summed E-state index contributed by atoms with van der Waals surface area (Å²) in [5.74, 6) is 0.171. The highest BCUT2D eigenvalue weighted by atomic mass is 19.4. The molecule has 2 rings (SSSR count). The summed E-state index contributed by atoms with van der Waals surface area (Å²) < 4.78 is 43.9. The molecule has 1 aromatic carbocycles. The normalized spacial score (nSPS) is 13.0. The zero-order valence-corrected chi connectivity index (χ0v) is 12.1. The first kappa shape index (κ1) is 16.1. The molecule has 0 fully saturated rings. The molecule has 0 bridgehead atoms. The second-order valence-corrected chi connectivity index (χ2v) is 4.82. The van der Waals surface area contributed by atoms with E-state index in [-0.39, 0.29) is 0 Å². The standard InChI is InChI=1S/C15H15F3N2O2/c1-10(14(21)22-2)20-8-7-19-13(20)9-11-3-5-12(6-4-11)15(16,17)18/h3-8,10H,9H2,1-2H3. The number of rotatable bonds is 4. The van der Waals surface area contributed by atoms with Crippen LogP contribution >= 0.6 is 0 Å². The molecule has 0 aliphatic rings. The number of alkyl halides is 3. The lowest BCUT2D eigenvalue weighted by atomic mass is 10.1. The Bertz CT molecular complexity index is 648. The van der Waals surface area contributed by atoms with E-state index in [2.05, 4.69) is 9.72 Å². The van der Waals surface area contributed by atoms with Crippen LogP contribution in [-0.4, -0.2) is 22.6 Å². The van der Waals surface area contributed by atoms with Crippen molar-refractivity contribution in [1.29, 1.82) is 0 Å². The molecule has 1 heterocycles. The van der Waals surface area contributed by atoms with Crippen molar-refractivity contribution < 1.29 is 22.7 Å². The molecule has 0 N–H and O–H groups in total. The number of esters is 1. The average Bonchev–Trinajstić information content (AvgIpc) is 2.93. The van der Waals surface area contributed by atoms with E-state index in [0.717, 1.165) is 12.1 Å². The first-order valence-corrected chi connectivity index (χ1v) is 6.58. The van der Waals surface area contributed by atoms with Gasteiger partial charge in [-0.2, -0.15) is 13.2 Å². The van der Waals surface area contributed by atoms with Crippen LogP contribution in [0.2, 0.25) is 0 Å². The van der Waals surface area contributed by atoms with E-state index in [1.807, 2.05) is 0 Å². The first-order valence-electron chi connectivity index (χ1n) is 6.58. The topological polar surface area (TPSA) is 44.1 Å². The van der Waals surface area contributed by atoms with Gasteiger partial charge in [0.1, 0.15) is 11.9 Å². The maximum Gasteiger partial charge on any atom is 0.416 e. The van der Waals surface area contributed by atoms with E-state index in [1.165, 1.54) is 19.2 Å². The molecule has 0 aliphatic carbocycles. The predicted molar refractivity (Wildman–Crippen MR) is 73.2 cm³/mol. The molecular formula is C15H15F3N2O2. The van der Waals surface area contributed by atoms with Gasteiger partial charge in [-0.1, -0.05) is 12.1 Å². The highest BCUT2D eigenvalue weighted by molar-refractivity contribution is 5.73. The monoisotopic (exact) mass is 312 g/mol. The fourth-order valence-electron chi connectivity index (χ4n) is 2.11. The summed E-state index contributed by atoms with van der Waals surface area (Å²) in [4.78, 5) is 15.7. The number of benzene rings is 1. The summed E-state index contributed by atoms with van der Waals surface area (Å²) in [6, 6.07) is 4.34. The zero-order valence-electron chi connectivity index (χ0n) is 12.1. The lowest BCUT2D eigenvalue weighted by molar-refractivity contribution is -0.144. The van der Waals surface area contributed by atoms with E-state index >= 15 is 0 Å². The highest BCUT2D eigenvalue weighted by Crippen LogP contribution is 2.29. The van der Waals surface area contributed by atoms with Crippen LogP contribution in [0, 0.1) is 0 Å². The van der Waals surface area contributed by atoms with Crippen molar-refractivity contribution in [3.05, 3.63) is 53.6 Å². The number of aromatic nitrogens is 2. The third-order valence-electron chi connectivity index (χ3n) is 3.35. The van der Waals surface area contributed by atoms with E-state index in [4.69, 9.17) is 0 Å². The second-order valence-electron chi connectivity index (χ2n) is 4.82. The van der Waals surface area contributed by atoms with E-state index in [0.29, 0.717) is 17.8 Å². The average molecular weight is 312 g/mol. The van der Waals surface area contributed by atoms with Gasteiger partial charge >= 0.3 is 12.1 Å². The minimum absolute atomic E-state index is 0.326. The molecule has 22 heavy (non-hydrogen) atoms. The maximum absolute atomic E-state index is 12.5. The number of carbonyl (C=O) groups is 1. The van der Waals surface area contributed by atoms with Crippen molar-refractivity contribution in [2.75, 3.05) is 7.11 Å². The number of imidazole rings is 1. The Hall–Kier alpha value is -2.31. The van der Waals surface area contributed by atoms with Gasteiger partial charge < -0.3 is 9.30 Å². The number of carbonyl (C=O) groups excluding carboxylic acids is 1. The smallest absolute Gasteiger partial charge is 0.416 e. The fourth-order valence-corrected chi connectivity index (χ4v) is 2.11. The highest BCUT2D eigenvalue weighted by Gasteiger charge is 2.30. The van der Waals surface area contributed by atoms with Crippen molar-refractivity contribution in [3.8, 4) is 0 Å². The molecule has 0 saturated heterocycles. The van der Waals surface area contributed by atoms with Crippen molar-refractivity contribution >= 4 is 5.97 Å². The lowest BCUT2D eigenvalue weighted by Crippen LogP contribution is -2.19. The Balaban J connectivity index is 2.18. The van der Waals surface area contributed by atoms with Gasteiger partial charge in [-0.25, -0.2) is 9.78 Å². The molecule has 0 radical (unpaired) electrons. The number of hydrogen-bond acceptors (Lipinski definition) is 3. The molecule has 0 aliphatic heterocycles. The van der Waals surface area contributed by atoms with E-state index in [9.17, 15) is 18.0 Å². The summed E-state index contributed by atoms with van der Waals surface area (Å²) in [6.07, 6.45) is -0.845. The largest absolute Gasteiger partial charge is 0.467 e. The van der Waals surface area contributed by atoms with E-state index in [1.54, 1.807) is 23.9 Å². The summed E-state index contributed by atoms with van der Waals surface area (Å²) >= 11 is 0. The van der Waals surface area contributed by atoms with Crippen LogP contribution in [0.5, 0.6) is 0 Å². The third kappa shape index (κ3) is 3.47. The molecule has 0 saturated carbocycles. The lowest BCUT2D eigenvalue weighted by Gasteiger charge is -2.14. The minimum atomic E-state index is -4.35. The van der Waals surface area contributed by atoms with Gasteiger partial charge in [0.05, 0.1) is 12.7 Å². The van der Waals surface area contributed by atoms with Crippen LogP contribution in [0.1, 0.15) is 29.9 Å². The molecule has 1 atom stereocenters. The van der Waals surface area contributed by atoms with Gasteiger partial charge in [-0.05, 0) is 24.6 Å². The molecule has 2 aromatic rings. The maximum atomic E-state index is 12.5. The zero-order chi connectivity index (χ0) is 16.3. The Morgan fingerprint density at radius 1 is 1.32 bits per heavy atom. The third-order valence-corrected chi connectivity index (χ3v) is 3.35. The van der Waals surface area contributed by atoms with Crippen LogP contribution in [0.3, 0.4) is 0 Å². The van der Waals surface area contributed by atoms with Crippen LogP contribution in [0.4, 0.5) is 13.2 Å². The van der Waals surface area contributed by atoms with Crippen molar-refractivity contribution in [1.82, 2.24) is 9.55 Å². The van der Waals surface area contributed by atoms with Gasteiger partial charge in [-0.3, -0.25) is 0 Å². The quantitative estimate of drug-likeness (QED) is 0.814. The molecule has 7 heteroatoms. The molecule has 1 aromatic heterocycles. The van der Waals surface area contributed by atoms with Crippen LogP contribution in [-0.2, 0) is 22.1 Å². The molecule has 0 amide bonds. The first-order chi connectivity index (χ1) is 10.3. The fraction of sp³-hybridized carbons (Fsp3) is 0.333. The molecular weight excluding hydrogens is 297 g/mol. The Kier molecular flexibility index (Phi) is 4.54. The minimum Gasteiger partial charge on any atom is -0.467 e. The Morgan fingerprint density at radius 3 is 2.50 bits per heavy atom. The Morgan fingerprint density at radius 2 is 1.95 bits per heavy atom. The van der Waals surface area contributed by atoms with Gasteiger partial charge in [0.15, 0.2) is 0 Å². The Labute approximate surface area is 125 Å². The van der Waals surface area contributed by atoms with Gasteiger partial charge in [0, 0.05) is 18.8 Å². The predicted octanol–water partition coefficient (Wildman–Crippen LogP) is 3.23. The van der Waals surface area contributed by atoms with Crippen LogP contribution < -0.4 is 0 Å². The van der Waals surface area contributed by atoms with Gasteiger partial charge in [-0.15, -0.1) is 0 Å². The van der Waals surface area contributed by atoms with Crippen molar-refractivity contribution in [3.63, 3.8) is 0 Å². The summed E-state index contributed by atoms with van der Waals surface area (Å²) in [7, 11) is 1.30. The second kappa shape index (κ2) is 6.21. The van der Waals surface area contributed by atoms with Crippen molar-refractivity contribution in [2.45, 2.75) is 25.6 Å². The van der Waals surface area contributed by atoms with Crippen LogP contribution in [0.25, 0.3) is 0 Å². The molecule has 0 spiro atoms. The molecule has 4 nitrogen and oxygen atoms in total. The number of ether oxygens (including phenoxy) is 1. The number of nitrogens with zero attached hydrogens (tertiary/aromatic N) is 2. The van der Waals surface area contributed by atoms with Crippen LogP contribution in [0.15, 0.2) is 36.7 Å². The van der Waals surface area contributed by atoms with E-state index < -0.39 is 23.8 Å². The van der Waals surface area contributed by atoms with Gasteiger partial charge in [0.2, 0.25) is 0 Å². The SMILES string of the molecule is COC(=O)C(C)n1ccnc1Cc1ccc(C(F)(F)F)cc1. The summed E-state index contributed by atoms with van der Waals surface area (Å²) in [6.45, 7) is 1.67. The summed E-state index contributed by atoms with van der Waals surface area (Å²) in [5, 5.41) is 0.